The lowest BCUT2D eigenvalue weighted by atomic mass is 9.97. The number of fused-ring (bicyclic) bond motifs is 1. The van der Waals surface area contributed by atoms with Crippen LogP contribution in [0.1, 0.15) is 18.9 Å². The SMILES string of the molecule is Cc1cc(OC2CNCCC2C)n2ncnc2c1. The Morgan fingerprint density at radius 1 is 1.44 bits per heavy atom. The first kappa shape index (κ1) is 11.5. The standard InChI is InChI=1S/C13H18N4O/c1-9-5-12-15-8-16-17(12)13(6-9)18-11-7-14-4-3-10(11)2/h5-6,8,10-11,14H,3-4,7H2,1-2H3. The Hall–Kier alpha value is -1.62. The topological polar surface area (TPSA) is 51.5 Å². The predicted molar refractivity (Wildman–Crippen MR) is 68.8 cm³/mol. The Kier molecular flexibility index (Phi) is 2.91. The second kappa shape index (κ2) is 4.57. The molecule has 0 spiro atoms. The monoisotopic (exact) mass is 246 g/mol. The van der Waals surface area contributed by atoms with E-state index in [1.807, 2.05) is 19.1 Å². The molecule has 18 heavy (non-hydrogen) atoms. The molecule has 0 aromatic carbocycles. The number of rotatable bonds is 2. The zero-order chi connectivity index (χ0) is 12.5. The molecular weight excluding hydrogens is 228 g/mol. The highest BCUT2D eigenvalue weighted by molar-refractivity contribution is 5.43. The van der Waals surface area contributed by atoms with Crippen LogP contribution in [0.5, 0.6) is 5.88 Å². The number of piperidine rings is 1. The number of ether oxygens (including phenoxy) is 1. The van der Waals surface area contributed by atoms with Gasteiger partial charge >= 0.3 is 0 Å². The summed E-state index contributed by atoms with van der Waals surface area (Å²) in [6.07, 6.45) is 2.91. The van der Waals surface area contributed by atoms with Crippen molar-refractivity contribution in [2.75, 3.05) is 13.1 Å². The van der Waals surface area contributed by atoms with Crippen LogP contribution in [0.2, 0.25) is 0 Å². The van der Waals surface area contributed by atoms with Crippen molar-refractivity contribution in [2.24, 2.45) is 5.92 Å². The maximum Gasteiger partial charge on any atom is 0.217 e. The lowest BCUT2D eigenvalue weighted by molar-refractivity contribution is 0.107. The molecule has 3 heterocycles. The van der Waals surface area contributed by atoms with E-state index in [1.165, 1.54) is 0 Å². The fourth-order valence-corrected chi connectivity index (χ4v) is 2.38. The molecule has 3 rings (SSSR count). The number of aryl methyl sites for hydroxylation is 1. The molecule has 1 aliphatic rings. The predicted octanol–water partition coefficient (Wildman–Crippen LogP) is 1.41. The molecule has 1 fully saturated rings. The van der Waals surface area contributed by atoms with Gasteiger partial charge in [-0.1, -0.05) is 6.92 Å². The normalized spacial score (nSPS) is 24.3. The largest absolute Gasteiger partial charge is 0.473 e. The summed E-state index contributed by atoms with van der Waals surface area (Å²) in [5.74, 6) is 1.34. The first-order valence-electron chi connectivity index (χ1n) is 6.42. The summed E-state index contributed by atoms with van der Waals surface area (Å²) in [5, 5.41) is 7.58. The highest BCUT2D eigenvalue weighted by atomic mass is 16.5. The summed E-state index contributed by atoms with van der Waals surface area (Å²) in [4.78, 5) is 4.21. The average molecular weight is 246 g/mol. The van der Waals surface area contributed by atoms with Crippen LogP contribution >= 0.6 is 0 Å². The Bertz CT molecular complexity index is 551. The van der Waals surface area contributed by atoms with Gasteiger partial charge in [0, 0.05) is 12.6 Å². The molecule has 2 aromatic rings. The molecule has 0 aliphatic carbocycles. The second-order valence-corrected chi connectivity index (χ2v) is 5.03. The summed E-state index contributed by atoms with van der Waals surface area (Å²) in [5.41, 5.74) is 1.98. The quantitative estimate of drug-likeness (QED) is 0.870. The molecule has 5 nitrogen and oxygen atoms in total. The van der Waals surface area contributed by atoms with Gasteiger partial charge in [-0.05, 0) is 37.4 Å². The Labute approximate surface area is 106 Å². The van der Waals surface area contributed by atoms with Crippen LogP contribution in [0.25, 0.3) is 5.65 Å². The van der Waals surface area contributed by atoms with Gasteiger partial charge in [-0.2, -0.15) is 9.61 Å². The molecule has 1 N–H and O–H groups in total. The highest BCUT2D eigenvalue weighted by Gasteiger charge is 2.23. The number of nitrogens with one attached hydrogen (secondary N) is 1. The van der Waals surface area contributed by atoms with Gasteiger partial charge in [-0.15, -0.1) is 0 Å². The van der Waals surface area contributed by atoms with Gasteiger partial charge in [-0.3, -0.25) is 0 Å². The molecule has 0 saturated carbocycles. The molecule has 0 radical (unpaired) electrons. The van der Waals surface area contributed by atoms with Gasteiger partial charge in [0.05, 0.1) is 0 Å². The van der Waals surface area contributed by atoms with Crippen molar-refractivity contribution in [3.05, 3.63) is 24.0 Å². The molecule has 2 atom stereocenters. The van der Waals surface area contributed by atoms with Crippen LogP contribution in [-0.4, -0.2) is 33.8 Å². The fourth-order valence-electron chi connectivity index (χ4n) is 2.38. The first-order valence-corrected chi connectivity index (χ1v) is 6.42. The van der Waals surface area contributed by atoms with Crippen LogP contribution < -0.4 is 10.1 Å². The van der Waals surface area contributed by atoms with Crippen molar-refractivity contribution in [2.45, 2.75) is 26.4 Å². The zero-order valence-corrected chi connectivity index (χ0v) is 10.8. The van der Waals surface area contributed by atoms with E-state index in [-0.39, 0.29) is 6.10 Å². The van der Waals surface area contributed by atoms with E-state index >= 15 is 0 Å². The molecular formula is C13H18N4O. The van der Waals surface area contributed by atoms with Gasteiger partial charge in [0.2, 0.25) is 5.88 Å². The van der Waals surface area contributed by atoms with Crippen molar-refractivity contribution < 1.29 is 4.74 Å². The van der Waals surface area contributed by atoms with Gasteiger partial charge in [-0.25, -0.2) is 4.98 Å². The Balaban J connectivity index is 1.91. The fraction of sp³-hybridized carbons (Fsp3) is 0.538. The molecule has 0 amide bonds. The van der Waals surface area contributed by atoms with Crippen LogP contribution in [0.15, 0.2) is 18.5 Å². The molecule has 2 aromatic heterocycles. The molecule has 2 unspecified atom stereocenters. The summed E-state index contributed by atoms with van der Waals surface area (Å²) in [6.45, 7) is 6.25. The zero-order valence-electron chi connectivity index (χ0n) is 10.8. The number of hydrogen-bond donors (Lipinski definition) is 1. The molecule has 96 valence electrons. The number of nitrogens with zero attached hydrogens (tertiary/aromatic N) is 3. The van der Waals surface area contributed by atoms with Crippen LogP contribution in [0.3, 0.4) is 0 Å². The highest BCUT2D eigenvalue weighted by Crippen LogP contribution is 2.21. The third-order valence-electron chi connectivity index (χ3n) is 3.52. The first-order chi connectivity index (χ1) is 8.74. The van der Waals surface area contributed by atoms with E-state index in [9.17, 15) is 0 Å². The third-order valence-corrected chi connectivity index (χ3v) is 3.52. The second-order valence-electron chi connectivity index (χ2n) is 5.03. The minimum absolute atomic E-state index is 0.202. The van der Waals surface area contributed by atoms with Crippen molar-refractivity contribution in [1.29, 1.82) is 0 Å². The Morgan fingerprint density at radius 3 is 3.17 bits per heavy atom. The minimum atomic E-state index is 0.202. The van der Waals surface area contributed by atoms with Crippen molar-refractivity contribution in [1.82, 2.24) is 19.9 Å². The number of aromatic nitrogens is 3. The molecule has 1 saturated heterocycles. The molecule has 1 aliphatic heterocycles. The van der Waals surface area contributed by atoms with Crippen molar-refractivity contribution in [3.8, 4) is 5.88 Å². The summed E-state index contributed by atoms with van der Waals surface area (Å²) in [7, 11) is 0. The maximum atomic E-state index is 6.12. The minimum Gasteiger partial charge on any atom is -0.473 e. The van der Waals surface area contributed by atoms with Crippen molar-refractivity contribution in [3.63, 3.8) is 0 Å². The lowest BCUT2D eigenvalue weighted by Gasteiger charge is -2.30. The van der Waals surface area contributed by atoms with E-state index < -0.39 is 0 Å². The average Bonchev–Trinajstić information content (AvgIpc) is 2.80. The number of hydrogen-bond acceptors (Lipinski definition) is 4. The molecule has 5 heteroatoms. The van der Waals surface area contributed by atoms with Crippen LogP contribution in [0.4, 0.5) is 0 Å². The van der Waals surface area contributed by atoms with Crippen molar-refractivity contribution >= 4 is 5.65 Å². The third kappa shape index (κ3) is 2.06. The smallest absolute Gasteiger partial charge is 0.217 e. The van der Waals surface area contributed by atoms with Gasteiger partial charge in [0.25, 0.3) is 0 Å². The summed E-state index contributed by atoms with van der Waals surface area (Å²) in [6, 6.07) is 4.02. The van der Waals surface area contributed by atoms with E-state index in [2.05, 4.69) is 22.3 Å². The Morgan fingerprint density at radius 2 is 2.33 bits per heavy atom. The van der Waals surface area contributed by atoms with Gasteiger partial charge in [0.1, 0.15) is 12.4 Å². The van der Waals surface area contributed by atoms with E-state index in [1.54, 1.807) is 10.8 Å². The van der Waals surface area contributed by atoms with E-state index in [0.717, 1.165) is 36.6 Å². The van der Waals surface area contributed by atoms with Crippen LogP contribution in [-0.2, 0) is 0 Å². The number of pyridine rings is 1. The summed E-state index contributed by atoms with van der Waals surface area (Å²) >= 11 is 0. The lowest BCUT2D eigenvalue weighted by Crippen LogP contribution is -2.43. The maximum absolute atomic E-state index is 6.12. The summed E-state index contributed by atoms with van der Waals surface area (Å²) < 4.78 is 7.88. The van der Waals surface area contributed by atoms with Gasteiger partial charge < -0.3 is 10.1 Å². The molecule has 0 bridgehead atoms. The van der Waals surface area contributed by atoms with Crippen LogP contribution in [0, 0.1) is 12.8 Å². The van der Waals surface area contributed by atoms with E-state index in [0.29, 0.717) is 5.92 Å². The van der Waals surface area contributed by atoms with Gasteiger partial charge in [0.15, 0.2) is 5.65 Å². The van der Waals surface area contributed by atoms with E-state index in [4.69, 9.17) is 4.74 Å².